The van der Waals surface area contributed by atoms with Crippen molar-refractivity contribution in [3.63, 3.8) is 0 Å². The van der Waals surface area contributed by atoms with E-state index in [2.05, 4.69) is 0 Å². The fourth-order valence-electron chi connectivity index (χ4n) is 1.43. The number of rotatable bonds is 2. The summed E-state index contributed by atoms with van der Waals surface area (Å²) in [6.07, 6.45) is -0.767. The van der Waals surface area contributed by atoms with Crippen molar-refractivity contribution >= 4 is 23.2 Å². The van der Waals surface area contributed by atoms with Crippen molar-refractivity contribution < 1.29 is 5.11 Å². The molecule has 90 valence electrons. The summed E-state index contributed by atoms with van der Waals surface area (Å²) in [7, 11) is 0. The SMILES string of the molecule is CC(C)(C)C(N)C(O)c1cc(Cl)cc(Cl)c1. The van der Waals surface area contributed by atoms with Gasteiger partial charge in [-0.2, -0.15) is 0 Å². The van der Waals surface area contributed by atoms with Crippen LogP contribution in [-0.4, -0.2) is 11.1 Å². The van der Waals surface area contributed by atoms with Crippen LogP contribution in [0.3, 0.4) is 0 Å². The van der Waals surface area contributed by atoms with Crippen LogP contribution in [0.5, 0.6) is 0 Å². The Labute approximate surface area is 106 Å². The zero-order valence-electron chi connectivity index (χ0n) is 9.67. The summed E-state index contributed by atoms with van der Waals surface area (Å²) >= 11 is 11.8. The summed E-state index contributed by atoms with van der Waals surface area (Å²) in [5.74, 6) is 0. The first-order valence-electron chi connectivity index (χ1n) is 5.11. The van der Waals surface area contributed by atoms with Gasteiger partial charge in [0.05, 0.1) is 6.10 Å². The molecule has 16 heavy (non-hydrogen) atoms. The van der Waals surface area contributed by atoms with Crippen LogP contribution in [0.25, 0.3) is 0 Å². The van der Waals surface area contributed by atoms with Crippen LogP contribution in [0.15, 0.2) is 18.2 Å². The van der Waals surface area contributed by atoms with Crippen molar-refractivity contribution in [1.29, 1.82) is 0 Å². The molecule has 0 saturated heterocycles. The molecule has 0 aliphatic carbocycles. The van der Waals surface area contributed by atoms with Crippen LogP contribution in [0.2, 0.25) is 10.0 Å². The molecule has 2 nitrogen and oxygen atoms in total. The fraction of sp³-hybridized carbons (Fsp3) is 0.500. The van der Waals surface area contributed by atoms with Crippen molar-refractivity contribution in [2.45, 2.75) is 32.9 Å². The standard InChI is InChI=1S/C12H17Cl2NO/c1-12(2,3)11(15)10(16)7-4-8(13)6-9(14)5-7/h4-6,10-11,16H,15H2,1-3H3. The number of hydrogen-bond donors (Lipinski definition) is 2. The third-order valence-corrected chi connectivity index (χ3v) is 3.00. The predicted molar refractivity (Wildman–Crippen MR) is 68.9 cm³/mol. The van der Waals surface area contributed by atoms with Gasteiger partial charge >= 0.3 is 0 Å². The Morgan fingerprint density at radius 2 is 1.56 bits per heavy atom. The first-order valence-corrected chi connectivity index (χ1v) is 5.87. The van der Waals surface area contributed by atoms with E-state index in [9.17, 15) is 5.11 Å². The molecule has 0 heterocycles. The third kappa shape index (κ3) is 3.36. The highest BCUT2D eigenvalue weighted by Gasteiger charge is 2.28. The minimum atomic E-state index is -0.767. The van der Waals surface area contributed by atoms with Crippen molar-refractivity contribution in [3.05, 3.63) is 33.8 Å². The Morgan fingerprint density at radius 1 is 1.12 bits per heavy atom. The lowest BCUT2D eigenvalue weighted by Gasteiger charge is -2.31. The van der Waals surface area contributed by atoms with Crippen LogP contribution in [0, 0.1) is 5.41 Å². The molecule has 2 atom stereocenters. The third-order valence-electron chi connectivity index (χ3n) is 2.57. The lowest BCUT2D eigenvalue weighted by Crippen LogP contribution is -2.40. The van der Waals surface area contributed by atoms with E-state index in [-0.39, 0.29) is 11.5 Å². The second-order valence-corrected chi connectivity index (χ2v) is 5.91. The second kappa shape index (κ2) is 4.92. The zero-order chi connectivity index (χ0) is 12.5. The fourth-order valence-corrected chi connectivity index (χ4v) is 1.97. The van der Waals surface area contributed by atoms with E-state index >= 15 is 0 Å². The summed E-state index contributed by atoms with van der Waals surface area (Å²) in [5.41, 5.74) is 6.46. The molecule has 0 amide bonds. The second-order valence-electron chi connectivity index (χ2n) is 5.04. The molecule has 0 aliphatic rings. The van der Waals surface area contributed by atoms with Gasteiger partial charge in [-0.05, 0) is 29.2 Å². The van der Waals surface area contributed by atoms with Gasteiger partial charge in [0.25, 0.3) is 0 Å². The van der Waals surface area contributed by atoms with Crippen molar-refractivity contribution in [1.82, 2.24) is 0 Å². The summed E-state index contributed by atoms with van der Waals surface area (Å²) in [6.45, 7) is 5.94. The van der Waals surface area contributed by atoms with Crippen molar-refractivity contribution in [2.75, 3.05) is 0 Å². The average Bonchev–Trinajstić information content (AvgIpc) is 2.12. The smallest absolute Gasteiger partial charge is 0.0947 e. The van der Waals surface area contributed by atoms with Gasteiger partial charge < -0.3 is 10.8 Å². The summed E-state index contributed by atoms with van der Waals surface area (Å²) in [5, 5.41) is 11.1. The Bertz CT molecular complexity index is 354. The maximum absolute atomic E-state index is 10.1. The minimum Gasteiger partial charge on any atom is -0.387 e. The monoisotopic (exact) mass is 261 g/mol. The van der Waals surface area contributed by atoms with E-state index in [0.29, 0.717) is 15.6 Å². The van der Waals surface area contributed by atoms with Crippen LogP contribution < -0.4 is 5.73 Å². The Kier molecular flexibility index (Phi) is 4.24. The number of nitrogens with two attached hydrogens (primary N) is 1. The zero-order valence-corrected chi connectivity index (χ0v) is 11.2. The van der Waals surface area contributed by atoms with E-state index in [0.717, 1.165) is 0 Å². The van der Waals surface area contributed by atoms with Gasteiger partial charge in [0.2, 0.25) is 0 Å². The molecule has 0 radical (unpaired) electrons. The number of aliphatic hydroxyl groups is 1. The number of aliphatic hydroxyl groups excluding tert-OH is 1. The van der Waals surface area contributed by atoms with E-state index in [1.54, 1.807) is 18.2 Å². The molecular formula is C12H17Cl2NO. The van der Waals surface area contributed by atoms with Crippen LogP contribution >= 0.6 is 23.2 Å². The quantitative estimate of drug-likeness (QED) is 0.858. The van der Waals surface area contributed by atoms with E-state index in [1.165, 1.54) is 0 Å². The van der Waals surface area contributed by atoms with Crippen LogP contribution in [0.4, 0.5) is 0 Å². The van der Waals surface area contributed by atoms with E-state index in [1.807, 2.05) is 20.8 Å². The van der Waals surface area contributed by atoms with E-state index < -0.39 is 6.10 Å². The topological polar surface area (TPSA) is 46.2 Å². The Hall–Kier alpha value is -0.280. The molecule has 3 N–H and O–H groups in total. The van der Waals surface area contributed by atoms with Gasteiger partial charge in [0, 0.05) is 16.1 Å². The highest BCUT2D eigenvalue weighted by atomic mass is 35.5. The maximum atomic E-state index is 10.1. The molecule has 0 fully saturated rings. The van der Waals surface area contributed by atoms with E-state index in [4.69, 9.17) is 28.9 Å². The largest absolute Gasteiger partial charge is 0.387 e. The normalized spacial score (nSPS) is 15.9. The van der Waals surface area contributed by atoms with Gasteiger partial charge in [-0.25, -0.2) is 0 Å². The first kappa shape index (κ1) is 13.8. The van der Waals surface area contributed by atoms with Gasteiger partial charge in [-0.1, -0.05) is 44.0 Å². The minimum absolute atomic E-state index is 0.186. The molecular weight excluding hydrogens is 245 g/mol. The first-order chi connectivity index (χ1) is 7.21. The highest BCUT2D eigenvalue weighted by Crippen LogP contribution is 2.31. The molecule has 1 rings (SSSR count). The molecule has 2 unspecified atom stereocenters. The van der Waals surface area contributed by atoms with Crippen LogP contribution in [-0.2, 0) is 0 Å². The van der Waals surface area contributed by atoms with Crippen molar-refractivity contribution in [2.24, 2.45) is 11.1 Å². The number of hydrogen-bond acceptors (Lipinski definition) is 2. The molecule has 1 aromatic rings. The van der Waals surface area contributed by atoms with Crippen molar-refractivity contribution in [3.8, 4) is 0 Å². The molecule has 4 heteroatoms. The van der Waals surface area contributed by atoms with Crippen LogP contribution in [0.1, 0.15) is 32.4 Å². The lowest BCUT2D eigenvalue weighted by molar-refractivity contribution is 0.0926. The Balaban J connectivity index is 3.00. The Morgan fingerprint density at radius 3 is 1.94 bits per heavy atom. The number of benzene rings is 1. The molecule has 1 aromatic carbocycles. The summed E-state index contributed by atoms with van der Waals surface area (Å²) in [4.78, 5) is 0. The predicted octanol–water partition coefficient (Wildman–Crippen LogP) is 3.40. The maximum Gasteiger partial charge on any atom is 0.0947 e. The summed E-state index contributed by atoms with van der Waals surface area (Å²) < 4.78 is 0. The molecule has 0 aromatic heterocycles. The number of halogens is 2. The molecule has 0 bridgehead atoms. The van der Waals surface area contributed by atoms with Gasteiger partial charge in [0.1, 0.15) is 0 Å². The summed E-state index contributed by atoms with van der Waals surface area (Å²) in [6, 6.07) is 4.62. The van der Waals surface area contributed by atoms with Gasteiger partial charge in [-0.15, -0.1) is 0 Å². The molecule has 0 saturated carbocycles. The lowest BCUT2D eigenvalue weighted by atomic mass is 9.82. The van der Waals surface area contributed by atoms with Gasteiger partial charge in [-0.3, -0.25) is 0 Å². The van der Waals surface area contributed by atoms with Gasteiger partial charge in [0.15, 0.2) is 0 Å². The molecule has 0 spiro atoms. The average molecular weight is 262 g/mol. The highest BCUT2D eigenvalue weighted by molar-refractivity contribution is 6.34. The molecule has 0 aliphatic heterocycles.